The number of nitrogens with zero attached hydrogens (tertiary/aromatic N) is 1. The van der Waals surface area contributed by atoms with E-state index in [4.69, 9.17) is 0 Å². The van der Waals surface area contributed by atoms with Crippen molar-refractivity contribution >= 4 is 34.5 Å². The number of hydrogen-bond donors (Lipinski definition) is 2. The molecule has 0 unspecified atom stereocenters. The summed E-state index contributed by atoms with van der Waals surface area (Å²) in [6.07, 6.45) is 1.96. The molecule has 2 N–H and O–H groups in total. The zero-order valence-corrected chi connectivity index (χ0v) is 13.8. The number of aromatic nitrogens is 1. The molecule has 0 saturated heterocycles. The van der Waals surface area contributed by atoms with Crippen molar-refractivity contribution in [2.24, 2.45) is 0 Å². The Kier molecular flexibility index (Phi) is 5.01. The highest BCUT2D eigenvalue weighted by molar-refractivity contribution is 7.97. The van der Waals surface area contributed by atoms with Crippen LogP contribution in [-0.2, 0) is 11.2 Å². The van der Waals surface area contributed by atoms with Gasteiger partial charge < -0.3 is 14.9 Å². The van der Waals surface area contributed by atoms with Crippen molar-refractivity contribution < 1.29 is 14.8 Å². The minimum absolute atomic E-state index is 0.0795. The molecule has 0 aliphatic rings. The Balaban J connectivity index is 1.77. The highest BCUT2D eigenvalue weighted by Gasteiger charge is 2.17. The smallest absolute Gasteiger partial charge is 0.284 e. The third-order valence-electron chi connectivity index (χ3n) is 3.76. The maximum atomic E-state index is 11.5. The Bertz CT molecular complexity index is 925. The van der Waals surface area contributed by atoms with Crippen LogP contribution >= 0.6 is 11.9 Å². The van der Waals surface area contributed by atoms with Gasteiger partial charge in [-0.3, -0.25) is 14.8 Å². The largest absolute Gasteiger partial charge is 0.548 e. The van der Waals surface area contributed by atoms with Gasteiger partial charge in [0.05, 0.1) is 16.9 Å². The van der Waals surface area contributed by atoms with Crippen LogP contribution in [0.5, 0.6) is 0 Å². The van der Waals surface area contributed by atoms with Gasteiger partial charge in [0.2, 0.25) is 0 Å². The van der Waals surface area contributed by atoms with Crippen molar-refractivity contribution in [3.63, 3.8) is 0 Å². The van der Waals surface area contributed by atoms with Gasteiger partial charge in [-0.2, -0.15) is 0 Å². The number of nitro benzene ring substituents is 1. The number of nitro groups is 1. The van der Waals surface area contributed by atoms with E-state index in [9.17, 15) is 20.0 Å². The van der Waals surface area contributed by atoms with Gasteiger partial charge in [0.25, 0.3) is 5.69 Å². The Labute approximate surface area is 147 Å². The average molecular weight is 356 g/mol. The number of para-hydroxylation sites is 2. The van der Waals surface area contributed by atoms with Gasteiger partial charge in [-0.05, 0) is 36.1 Å². The van der Waals surface area contributed by atoms with Crippen LogP contribution in [0.3, 0.4) is 0 Å². The standard InChI is InChI=1S/C17H15N3O4S/c21-17(22)14(9-11-10-18-13-6-2-1-5-12(11)13)19-25-16-8-4-3-7-15(16)20(23)24/h1-8,10,14,18-19H,9H2,(H,21,22)/p-1/t14-/m0/s1. The number of aromatic amines is 1. The summed E-state index contributed by atoms with van der Waals surface area (Å²) in [6.45, 7) is 0. The molecule has 1 aromatic heterocycles. The molecule has 8 heteroatoms. The molecular weight excluding hydrogens is 342 g/mol. The van der Waals surface area contributed by atoms with E-state index in [0.717, 1.165) is 28.4 Å². The predicted molar refractivity (Wildman–Crippen MR) is 92.9 cm³/mol. The second kappa shape index (κ2) is 7.37. The molecule has 3 aromatic rings. The summed E-state index contributed by atoms with van der Waals surface area (Å²) in [4.78, 5) is 25.4. The van der Waals surface area contributed by atoms with Crippen LogP contribution in [0.15, 0.2) is 59.6 Å². The number of aliphatic carboxylic acids is 1. The molecule has 1 atom stereocenters. The van der Waals surface area contributed by atoms with Gasteiger partial charge in [0.1, 0.15) is 4.90 Å². The van der Waals surface area contributed by atoms with Crippen LogP contribution in [0.25, 0.3) is 10.9 Å². The van der Waals surface area contributed by atoms with Crippen molar-refractivity contribution in [3.8, 4) is 0 Å². The number of carboxylic acids is 1. The summed E-state index contributed by atoms with van der Waals surface area (Å²) < 4.78 is 2.77. The lowest BCUT2D eigenvalue weighted by atomic mass is 10.1. The summed E-state index contributed by atoms with van der Waals surface area (Å²) in [5.41, 5.74) is 1.67. The number of nitrogens with one attached hydrogen (secondary N) is 2. The van der Waals surface area contributed by atoms with Crippen molar-refractivity contribution in [1.29, 1.82) is 0 Å². The first-order valence-electron chi connectivity index (χ1n) is 7.48. The third-order valence-corrected chi connectivity index (χ3v) is 4.72. The Morgan fingerprint density at radius 1 is 1.20 bits per heavy atom. The van der Waals surface area contributed by atoms with E-state index in [-0.39, 0.29) is 12.1 Å². The van der Waals surface area contributed by atoms with Crippen LogP contribution in [0.1, 0.15) is 5.56 Å². The molecule has 0 amide bonds. The molecule has 0 saturated carbocycles. The van der Waals surface area contributed by atoms with E-state index in [1.165, 1.54) is 6.07 Å². The van der Waals surface area contributed by atoms with Gasteiger partial charge in [0, 0.05) is 23.2 Å². The third kappa shape index (κ3) is 3.81. The van der Waals surface area contributed by atoms with Crippen LogP contribution in [0.4, 0.5) is 5.69 Å². The minimum Gasteiger partial charge on any atom is -0.548 e. The topological polar surface area (TPSA) is 111 Å². The summed E-state index contributed by atoms with van der Waals surface area (Å²) >= 11 is 0.916. The van der Waals surface area contributed by atoms with E-state index in [0.29, 0.717) is 4.90 Å². The first kappa shape index (κ1) is 17.0. The summed E-state index contributed by atoms with van der Waals surface area (Å²) in [7, 11) is 0. The number of hydrogen-bond acceptors (Lipinski definition) is 6. The zero-order valence-electron chi connectivity index (χ0n) is 13.0. The highest BCUT2D eigenvalue weighted by atomic mass is 32.2. The summed E-state index contributed by atoms with van der Waals surface area (Å²) in [6, 6.07) is 12.7. The normalized spacial score (nSPS) is 12.2. The average Bonchev–Trinajstić information content (AvgIpc) is 3.01. The molecule has 2 aromatic carbocycles. The van der Waals surface area contributed by atoms with E-state index < -0.39 is 16.9 Å². The lowest BCUT2D eigenvalue weighted by Gasteiger charge is -2.18. The lowest BCUT2D eigenvalue weighted by molar-refractivity contribution is -0.387. The number of carboxylic acid groups (broad SMARTS) is 1. The Morgan fingerprint density at radius 2 is 1.92 bits per heavy atom. The molecule has 0 fully saturated rings. The van der Waals surface area contributed by atoms with E-state index in [1.807, 2.05) is 24.3 Å². The number of carbonyl (C=O) groups is 1. The van der Waals surface area contributed by atoms with Crippen LogP contribution in [-0.4, -0.2) is 21.9 Å². The zero-order chi connectivity index (χ0) is 17.8. The molecule has 1 heterocycles. The number of rotatable bonds is 7. The SMILES string of the molecule is O=C([O-])[C@H](Cc1c[nH]c2ccccc12)NSc1ccccc1[N+](=O)[O-]. The number of fused-ring (bicyclic) bond motifs is 1. The monoisotopic (exact) mass is 356 g/mol. The van der Waals surface area contributed by atoms with Crippen LogP contribution in [0.2, 0.25) is 0 Å². The van der Waals surface area contributed by atoms with Crippen molar-refractivity contribution in [2.45, 2.75) is 17.4 Å². The van der Waals surface area contributed by atoms with Gasteiger partial charge in [-0.15, -0.1) is 0 Å². The molecule has 0 radical (unpaired) electrons. The maximum Gasteiger partial charge on any atom is 0.284 e. The molecule has 0 bridgehead atoms. The molecule has 25 heavy (non-hydrogen) atoms. The molecule has 3 rings (SSSR count). The fourth-order valence-corrected chi connectivity index (χ4v) is 3.36. The number of benzene rings is 2. The van der Waals surface area contributed by atoms with Crippen molar-refractivity contribution in [2.75, 3.05) is 0 Å². The number of carbonyl (C=O) groups excluding carboxylic acids is 1. The Morgan fingerprint density at radius 3 is 2.68 bits per heavy atom. The summed E-state index contributed by atoms with van der Waals surface area (Å²) in [5.74, 6) is -1.27. The number of H-pyrrole nitrogens is 1. The molecule has 7 nitrogen and oxygen atoms in total. The fourth-order valence-electron chi connectivity index (χ4n) is 2.52. The van der Waals surface area contributed by atoms with Gasteiger partial charge in [-0.25, -0.2) is 0 Å². The molecule has 128 valence electrons. The fraction of sp³-hybridized carbons (Fsp3) is 0.118. The van der Waals surface area contributed by atoms with Crippen LogP contribution < -0.4 is 9.83 Å². The predicted octanol–water partition coefficient (Wildman–Crippen LogP) is 2.03. The second-order valence-electron chi connectivity index (χ2n) is 5.38. The molecule has 0 spiro atoms. The minimum atomic E-state index is -1.27. The van der Waals surface area contributed by atoms with E-state index in [1.54, 1.807) is 24.4 Å². The van der Waals surface area contributed by atoms with Gasteiger partial charge in [-0.1, -0.05) is 30.3 Å². The molecule has 0 aliphatic heterocycles. The van der Waals surface area contributed by atoms with Crippen LogP contribution in [0, 0.1) is 10.1 Å². The highest BCUT2D eigenvalue weighted by Crippen LogP contribution is 2.27. The Hall–Kier alpha value is -2.84. The van der Waals surface area contributed by atoms with Gasteiger partial charge in [0.15, 0.2) is 0 Å². The van der Waals surface area contributed by atoms with Crippen molar-refractivity contribution in [3.05, 3.63) is 70.4 Å². The molecular formula is C17H14N3O4S-. The first-order valence-corrected chi connectivity index (χ1v) is 8.29. The van der Waals surface area contributed by atoms with Gasteiger partial charge >= 0.3 is 0 Å². The quantitative estimate of drug-likeness (QED) is 0.381. The maximum absolute atomic E-state index is 11.5. The first-order chi connectivity index (χ1) is 12.1. The van der Waals surface area contributed by atoms with E-state index >= 15 is 0 Å². The second-order valence-corrected chi connectivity index (χ2v) is 6.26. The van der Waals surface area contributed by atoms with E-state index in [2.05, 4.69) is 9.71 Å². The molecule has 0 aliphatic carbocycles. The lowest BCUT2D eigenvalue weighted by Crippen LogP contribution is -2.44. The summed E-state index contributed by atoms with van der Waals surface area (Å²) in [5, 5.41) is 23.4. The van der Waals surface area contributed by atoms with Crippen molar-refractivity contribution in [1.82, 2.24) is 9.71 Å².